The molecule has 6 heteroatoms. The second kappa shape index (κ2) is 10.3. The molecule has 0 radical (unpaired) electrons. The van der Waals surface area contributed by atoms with E-state index in [1.165, 1.54) is 11.1 Å². The largest absolute Gasteiger partial charge is 0.454 e. The van der Waals surface area contributed by atoms with E-state index in [0.717, 1.165) is 19.3 Å². The number of ether oxygens (including phenoxy) is 2. The Morgan fingerprint density at radius 2 is 1.65 bits per heavy atom. The zero-order chi connectivity index (χ0) is 21.5. The van der Waals surface area contributed by atoms with E-state index < -0.39 is 0 Å². The van der Waals surface area contributed by atoms with Gasteiger partial charge in [0, 0.05) is 18.2 Å². The summed E-state index contributed by atoms with van der Waals surface area (Å²) in [6.45, 7) is 0.335. The molecule has 3 aromatic rings. The summed E-state index contributed by atoms with van der Waals surface area (Å²) in [5.41, 5.74) is 3.01. The molecule has 1 amide bonds. The van der Waals surface area contributed by atoms with Crippen molar-refractivity contribution in [3.8, 4) is 11.5 Å². The Morgan fingerprint density at radius 1 is 0.968 bits per heavy atom. The van der Waals surface area contributed by atoms with E-state index in [1.54, 1.807) is 12.1 Å². The lowest BCUT2D eigenvalue weighted by Crippen LogP contribution is -2.31. The van der Waals surface area contributed by atoms with Gasteiger partial charge in [0.1, 0.15) is 0 Å². The van der Waals surface area contributed by atoms with Crippen LogP contribution < -0.4 is 20.1 Å². The van der Waals surface area contributed by atoms with E-state index in [2.05, 4.69) is 47.0 Å². The predicted molar refractivity (Wildman–Crippen MR) is 123 cm³/mol. The quantitative estimate of drug-likeness (QED) is 0.474. The zero-order valence-corrected chi connectivity index (χ0v) is 17.9. The number of hydrogen-bond donors (Lipinski definition) is 2. The molecule has 160 valence electrons. The van der Waals surface area contributed by atoms with Crippen LogP contribution in [0.4, 0.5) is 5.69 Å². The molecule has 0 aliphatic carbocycles. The lowest BCUT2D eigenvalue weighted by Gasteiger charge is -2.19. The fraction of sp³-hybridized carbons (Fsp3) is 0.240. The third kappa shape index (κ3) is 5.78. The molecule has 5 nitrogen and oxygen atoms in total. The summed E-state index contributed by atoms with van der Waals surface area (Å²) in [7, 11) is 0. The molecule has 0 saturated carbocycles. The van der Waals surface area contributed by atoms with E-state index in [9.17, 15) is 4.79 Å². The Kier molecular flexibility index (Phi) is 7.07. The molecular formula is C25H25ClN2O3. The van der Waals surface area contributed by atoms with Crippen LogP contribution in [0.15, 0.2) is 72.8 Å². The highest BCUT2D eigenvalue weighted by Crippen LogP contribution is 2.39. The van der Waals surface area contributed by atoms with Crippen molar-refractivity contribution in [3.63, 3.8) is 0 Å². The summed E-state index contributed by atoms with van der Waals surface area (Å²) in [6, 6.07) is 24.1. The fourth-order valence-corrected chi connectivity index (χ4v) is 3.85. The van der Waals surface area contributed by atoms with Gasteiger partial charge in [0.05, 0.1) is 17.3 Å². The molecule has 3 aromatic carbocycles. The van der Waals surface area contributed by atoms with Gasteiger partial charge in [-0.1, -0.05) is 72.3 Å². The van der Waals surface area contributed by atoms with Crippen LogP contribution in [0.3, 0.4) is 0 Å². The SMILES string of the molecule is O=C(CN[C@@H](CCCc1ccccc1)c1ccccc1)Nc1cc2c(cc1Cl)OCO2. The molecule has 0 bridgehead atoms. The minimum absolute atomic E-state index is 0.0860. The van der Waals surface area contributed by atoms with Crippen LogP contribution in [0.5, 0.6) is 11.5 Å². The average Bonchev–Trinajstić information content (AvgIpc) is 3.24. The van der Waals surface area contributed by atoms with Crippen LogP contribution in [0.2, 0.25) is 5.02 Å². The summed E-state index contributed by atoms with van der Waals surface area (Å²) in [4.78, 5) is 12.6. The van der Waals surface area contributed by atoms with E-state index in [-0.39, 0.29) is 25.3 Å². The summed E-state index contributed by atoms with van der Waals surface area (Å²) in [6.07, 6.45) is 2.95. The molecule has 0 saturated heterocycles. The van der Waals surface area contributed by atoms with Gasteiger partial charge in [-0.25, -0.2) is 0 Å². The van der Waals surface area contributed by atoms with Gasteiger partial charge in [0.25, 0.3) is 0 Å². The molecule has 0 unspecified atom stereocenters. The van der Waals surface area contributed by atoms with Crippen LogP contribution in [0, 0.1) is 0 Å². The maximum Gasteiger partial charge on any atom is 0.238 e. The number of anilines is 1. The lowest BCUT2D eigenvalue weighted by atomic mass is 9.99. The molecule has 0 fully saturated rings. The second-order valence-electron chi connectivity index (χ2n) is 7.46. The Labute approximate surface area is 187 Å². The topological polar surface area (TPSA) is 59.6 Å². The van der Waals surface area contributed by atoms with Gasteiger partial charge in [-0.05, 0) is 30.4 Å². The number of benzene rings is 3. The Bertz CT molecular complexity index is 1010. The number of nitrogens with one attached hydrogen (secondary N) is 2. The van der Waals surface area contributed by atoms with Gasteiger partial charge < -0.3 is 20.1 Å². The van der Waals surface area contributed by atoms with Gasteiger partial charge >= 0.3 is 0 Å². The van der Waals surface area contributed by atoms with E-state index in [1.807, 2.05) is 24.3 Å². The van der Waals surface area contributed by atoms with Gasteiger partial charge in [-0.3, -0.25) is 4.79 Å². The molecule has 31 heavy (non-hydrogen) atoms. The van der Waals surface area contributed by atoms with Crippen molar-refractivity contribution < 1.29 is 14.3 Å². The van der Waals surface area contributed by atoms with Gasteiger partial charge in [0.15, 0.2) is 11.5 Å². The Morgan fingerprint density at radius 3 is 2.39 bits per heavy atom. The maximum atomic E-state index is 12.6. The summed E-state index contributed by atoms with van der Waals surface area (Å²) in [5, 5.41) is 6.68. The number of carbonyl (C=O) groups excluding carboxylic acids is 1. The minimum atomic E-state index is -0.162. The van der Waals surface area contributed by atoms with Gasteiger partial charge in [0.2, 0.25) is 12.7 Å². The van der Waals surface area contributed by atoms with E-state index >= 15 is 0 Å². The van der Waals surface area contributed by atoms with Crippen LogP contribution in [-0.4, -0.2) is 19.2 Å². The van der Waals surface area contributed by atoms with Crippen LogP contribution >= 0.6 is 11.6 Å². The number of amides is 1. The molecule has 0 aromatic heterocycles. The van der Waals surface area contributed by atoms with Gasteiger partial charge in [-0.15, -0.1) is 0 Å². The van der Waals surface area contributed by atoms with E-state index in [4.69, 9.17) is 21.1 Å². The van der Waals surface area contributed by atoms with Gasteiger partial charge in [-0.2, -0.15) is 0 Å². The number of halogens is 1. The van der Waals surface area contributed by atoms with Crippen molar-refractivity contribution in [2.45, 2.75) is 25.3 Å². The normalized spacial score (nSPS) is 13.1. The molecule has 1 atom stereocenters. The molecule has 1 heterocycles. The number of fused-ring (bicyclic) bond motifs is 1. The monoisotopic (exact) mass is 436 g/mol. The fourth-order valence-electron chi connectivity index (χ4n) is 3.65. The molecule has 2 N–H and O–H groups in total. The number of carbonyl (C=O) groups is 1. The molecule has 0 spiro atoms. The van der Waals surface area contributed by atoms with Crippen molar-refractivity contribution in [1.29, 1.82) is 0 Å². The van der Waals surface area contributed by atoms with Crippen molar-refractivity contribution in [2.75, 3.05) is 18.7 Å². The number of rotatable bonds is 9. The Balaban J connectivity index is 1.35. The first kappa shape index (κ1) is 21.2. The van der Waals surface area contributed by atoms with E-state index in [0.29, 0.717) is 22.2 Å². The zero-order valence-electron chi connectivity index (χ0n) is 17.1. The summed E-state index contributed by atoms with van der Waals surface area (Å²) < 4.78 is 10.7. The molecular weight excluding hydrogens is 412 g/mol. The first-order valence-corrected chi connectivity index (χ1v) is 10.8. The minimum Gasteiger partial charge on any atom is -0.454 e. The summed E-state index contributed by atoms with van der Waals surface area (Å²) >= 11 is 6.27. The second-order valence-corrected chi connectivity index (χ2v) is 7.86. The Hall–Kier alpha value is -3.02. The lowest BCUT2D eigenvalue weighted by molar-refractivity contribution is -0.115. The van der Waals surface area contributed by atoms with Crippen molar-refractivity contribution in [2.24, 2.45) is 0 Å². The maximum absolute atomic E-state index is 12.6. The predicted octanol–water partition coefficient (Wildman–Crippen LogP) is 5.36. The smallest absolute Gasteiger partial charge is 0.238 e. The van der Waals surface area contributed by atoms with Crippen molar-refractivity contribution in [1.82, 2.24) is 5.32 Å². The van der Waals surface area contributed by atoms with Crippen molar-refractivity contribution >= 4 is 23.2 Å². The van der Waals surface area contributed by atoms with Crippen LogP contribution in [0.25, 0.3) is 0 Å². The third-order valence-electron chi connectivity index (χ3n) is 5.25. The van der Waals surface area contributed by atoms with Crippen molar-refractivity contribution in [3.05, 3.63) is 88.9 Å². The first-order valence-electron chi connectivity index (χ1n) is 10.4. The average molecular weight is 437 g/mol. The molecule has 4 rings (SSSR count). The van der Waals surface area contributed by atoms with Crippen LogP contribution in [-0.2, 0) is 11.2 Å². The highest BCUT2D eigenvalue weighted by Gasteiger charge is 2.18. The molecule has 1 aliphatic rings. The highest BCUT2D eigenvalue weighted by atomic mass is 35.5. The third-order valence-corrected chi connectivity index (χ3v) is 5.56. The summed E-state index contributed by atoms with van der Waals surface area (Å²) in [5.74, 6) is 1.00. The highest BCUT2D eigenvalue weighted by molar-refractivity contribution is 6.34. The number of hydrogen-bond acceptors (Lipinski definition) is 4. The number of aryl methyl sites for hydroxylation is 1. The molecule has 1 aliphatic heterocycles. The van der Waals surface area contributed by atoms with Crippen LogP contribution in [0.1, 0.15) is 30.0 Å². The first-order chi connectivity index (χ1) is 15.2. The standard InChI is InChI=1S/C25H25ClN2O3/c26-20-14-23-24(31-17-30-23)15-22(20)28-25(29)16-27-21(19-11-5-2-6-12-19)13-7-10-18-8-3-1-4-9-18/h1-6,8-9,11-12,14-15,21,27H,7,10,13,16-17H2,(H,28,29)/t21-/m0/s1.